The van der Waals surface area contributed by atoms with E-state index in [1.807, 2.05) is 62.0 Å². The minimum absolute atomic E-state index is 0.214. The van der Waals surface area contributed by atoms with Crippen molar-refractivity contribution in [3.8, 4) is 17.1 Å². The minimum atomic E-state index is -0.303. The van der Waals surface area contributed by atoms with Crippen LogP contribution in [0.1, 0.15) is 25.2 Å². The van der Waals surface area contributed by atoms with Gasteiger partial charge >= 0.3 is 0 Å². The summed E-state index contributed by atoms with van der Waals surface area (Å²) in [4.78, 5) is 8.87. The molecule has 2 heterocycles. The molecule has 9 heteroatoms. The second-order valence-corrected chi connectivity index (χ2v) is 9.97. The van der Waals surface area contributed by atoms with Gasteiger partial charge < -0.3 is 19.8 Å². The number of hydrogen-bond donors (Lipinski definition) is 2. The Kier molecular flexibility index (Phi) is 10.8. The summed E-state index contributed by atoms with van der Waals surface area (Å²) in [7, 11) is 0. The summed E-state index contributed by atoms with van der Waals surface area (Å²) < 4.78 is 25.3. The largest absolute Gasteiger partial charge is 0.487 e. The van der Waals surface area contributed by atoms with Crippen LogP contribution in [0.4, 0.5) is 15.9 Å². The number of thioether (sulfide) groups is 1. The smallest absolute Gasteiger partial charge is 0.141 e. The van der Waals surface area contributed by atoms with E-state index in [0.29, 0.717) is 23.1 Å². The van der Waals surface area contributed by atoms with Crippen molar-refractivity contribution in [2.45, 2.75) is 27.0 Å². The molecule has 5 rings (SSSR count). The SMILES string of the molecule is CC.CSCCNCc1ccc(-c2ccc3ncnc(Nc4ccc(OCc5cccc(F)c5)c(Cl)c4)c3c2)o1. The second-order valence-electron chi connectivity index (χ2n) is 8.58. The van der Waals surface area contributed by atoms with Crippen LogP contribution >= 0.6 is 23.4 Å². The molecule has 0 aliphatic heterocycles. The number of rotatable bonds is 11. The number of nitrogens with zero attached hydrogens (tertiary/aromatic N) is 2. The zero-order chi connectivity index (χ0) is 28.3. The third-order valence-electron chi connectivity index (χ3n) is 5.84. The fourth-order valence-corrected chi connectivity index (χ4v) is 4.53. The summed E-state index contributed by atoms with van der Waals surface area (Å²) in [5.41, 5.74) is 3.21. The molecule has 5 aromatic rings. The number of benzene rings is 3. The molecule has 2 aromatic heterocycles. The lowest BCUT2D eigenvalue weighted by Gasteiger charge is -2.12. The number of nitrogens with one attached hydrogen (secondary N) is 2. The quantitative estimate of drug-likeness (QED) is 0.152. The Morgan fingerprint density at radius 1 is 1.00 bits per heavy atom. The second kappa shape index (κ2) is 14.7. The Bertz CT molecular complexity index is 1550. The number of fused-ring (bicyclic) bond motifs is 1. The summed E-state index contributed by atoms with van der Waals surface area (Å²) in [6.45, 7) is 5.84. The first-order valence-electron chi connectivity index (χ1n) is 13.1. The van der Waals surface area contributed by atoms with E-state index in [1.54, 1.807) is 24.3 Å². The molecule has 40 heavy (non-hydrogen) atoms. The van der Waals surface area contributed by atoms with Crippen LogP contribution in [0.3, 0.4) is 0 Å². The molecule has 6 nitrogen and oxygen atoms in total. The van der Waals surface area contributed by atoms with E-state index < -0.39 is 0 Å². The Labute approximate surface area is 243 Å². The molecular formula is C31H32ClFN4O2S. The fraction of sp³-hybridized carbons (Fsp3) is 0.226. The van der Waals surface area contributed by atoms with Gasteiger partial charge in [0.15, 0.2) is 0 Å². The van der Waals surface area contributed by atoms with Gasteiger partial charge in [-0.3, -0.25) is 0 Å². The summed E-state index contributed by atoms with van der Waals surface area (Å²) in [5, 5.41) is 8.00. The number of anilines is 2. The van der Waals surface area contributed by atoms with Crippen molar-refractivity contribution in [3.63, 3.8) is 0 Å². The van der Waals surface area contributed by atoms with Crippen molar-refractivity contribution in [2.24, 2.45) is 0 Å². The summed E-state index contributed by atoms with van der Waals surface area (Å²) in [5.74, 6) is 3.58. The van der Waals surface area contributed by atoms with E-state index in [4.69, 9.17) is 20.8 Å². The molecule has 0 fully saturated rings. The molecule has 208 valence electrons. The van der Waals surface area contributed by atoms with E-state index in [-0.39, 0.29) is 12.4 Å². The average Bonchev–Trinajstić information content (AvgIpc) is 3.45. The van der Waals surface area contributed by atoms with Crippen LogP contribution in [0.5, 0.6) is 5.75 Å². The van der Waals surface area contributed by atoms with Gasteiger partial charge in [0, 0.05) is 28.9 Å². The molecule has 2 N–H and O–H groups in total. The van der Waals surface area contributed by atoms with Gasteiger partial charge in [-0.15, -0.1) is 0 Å². The lowest BCUT2D eigenvalue weighted by Crippen LogP contribution is -2.15. The van der Waals surface area contributed by atoms with Crippen LogP contribution in [-0.4, -0.2) is 28.5 Å². The third-order valence-corrected chi connectivity index (χ3v) is 6.75. The lowest BCUT2D eigenvalue weighted by atomic mass is 10.1. The first-order valence-corrected chi connectivity index (χ1v) is 14.8. The third kappa shape index (κ3) is 7.75. The number of aromatic nitrogens is 2. The van der Waals surface area contributed by atoms with Crippen molar-refractivity contribution in [1.29, 1.82) is 0 Å². The topological polar surface area (TPSA) is 72.2 Å². The molecule has 0 unspecified atom stereocenters. The van der Waals surface area contributed by atoms with Crippen LogP contribution < -0.4 is 15.4 Å². The highest BCUT2D eigenvalue weighted by Gasteiger charge is 2.11. The summed E-state index contributed by atoms with van der Waals surface area (Å²) in [6, 6.07) is 21.6. The van der Waals surface area contributed by atoms with E-state index in [2.05, 4.69) is 26.9 Å². The van der Waals surface area contributed by atoms with Gasteiger partial charge in [0.05, 0.1) is 17.1 Å². The highest BCUT2D eigenvalue weighted by Crippen LogP contribution is 2.32. The zero-order valence-corrected chi connectivity index (χ0v) is 24.3. The fourth-order valence-electron chi connectivity index (χ4n) is 3.94. The van der Waals surface area contributed by atoms with E-state index in [1.165, 1.54) is 18.5 Å². The molecule has 0 radical (unpaired) electrons. The first-order chi connectivity index (χ1) is 19.6. The standard InChI is InChI=1S/C29H26ClFN4O2S.C2H6/c1-38-12-11-32-16-23-7-10-27(37-23)20-5-8-26-24(14-20)29(34-18-33-26)35-22-6-9-28(25(30)15-22)36-17-19-3-2-4-21(31)13-19;1-2/h2-10,13-15,18,32H,11-12,16-17H2,1H3,(H,33,34,35);1-2H3. The number of furan rings is 1. The Morgan fingerprint density at radius 3 is 2.67 bits per heavy atom. The van der Waals surface area contributed by atoms with Crippen LogP contribution in [0.15, 0.2) is 83.5 Å². The maximum atomic E-state index is 13.4. The Balaban J connectivity index is 0.00000181. The Hall–Kier alpha value is -3.59. The van der Waals surface area contributed by atoms with Crippen molar-refractivity contribution in [1.82, 2.24) is 15.3 Å². The first kappa shape index (κ1) is 29.4. The predicted octanol–water partition coefficient (Wildman–Crippen LogP) is 8.48. The number of ether oxygens (including phenoxy) is 1. The molecule has 0 amide bonds. The van der Waals surface area contributed by atoms with Crippen LogP contribution in [0, 0.1) is 5.82 Å². The van der Waals surface area contributed by atoms with Crippen molar-refractivity contribution in [3.05, 3.63) is 101 Å². The van der Waals surface area contributed by atoms with Crippen molar-refractivity contribution in [2.75, 3.05) is 23.9 Å². The zero-order valence-electron chi connectivity index (χ0n) is 22.7. The summed E-state index contributed by atoms with van der Waals surface area (Å²) in [6.07, 6.45) is 3.61. The minimum Gasteiger partial charge on any atom is -0.487 e. The predicted molar refractivity (Wildman–Crippen MR) is 164 cm³/mol. The number of halogens is 2. The summed E-state index contributed by atoms with van der Waals surface area (Å²) >= 11 is 8.29. The molecular weight excluding hydrogens is 547 g/mol. The van der Waals surface area contributed by atoms with Gasteiger partial charge in [-0.1, -0.05) is 37.6 Å². The average molecular weight is 579 g/mol. The van der Waals surface area contributed by atoms with Crippen molar-refractivity contribution >= 4 is 45.8 Å². The monoisotopic (exact) mass is 578 g/mol. The van der Waals surface area contributed by atoms with E-state index in [9.17, 15) is 4.39 Å². The highest BCUT2D eigenvalue weighted by atomic mass is 35.5. The van der Waals surface area contributed by atoms with E-state index in [0.717, 1.165) is 51.5 Å². The van der Waals surface area contributed by atoms with Crippen LogP contribution in [-0.2, 0) is 13.2 Å². The lowest BCUT2D eigenvalue weighted by molar-refractivity contribution is 0.306. The van der Waals surface area contributed by atoms with Gasteiger partial charge in [-0.2, -0.15) is 11.8 Å². The number of hydrogen-bond acceptors (Lipinski definition) is 7. The molecule has 0 bridgehead atoms. The molecule has 0 spiro atoms. The van der Waals surface area contributed by atoms with Gasteiger partial charge in [-0.05, 0) is 72.5 Å². The normalized spacial score (nSPS) is 10.7. The van der Waals surface area contributed by atoms with Gasteiger partial charge in [-0.25, -0.2) is 14.4 Å². The van der Waals surface area contributed by atoms with Crippen LogP contribution in [0.2, 0.25) is 5.02 Å². The van der Waals surface area contributed by atoms with Gasteiger partial charge in [0.25, 0.3) is 0 Å². The maximum absolute atomic E-state index is 13.4. The molecule has 3 aromatic carbocycles. The van der Waals surface area contributed by atoms with Gasteiger partial charge in [0.2, 0.25) is 0 Å². The molecule has 0 aliphatic rings. The van der Waals surface area contributed by atoms with Crippen LogP contribution in [0.25, 0.3) is 22.2 Å². The molecule has 0 atom stereocenters. The van der Waals surface area contributed by atoms with Crippen molar-refractivity contribution < 1.29 is 13.5 Å². The Morgan fingerprint density at radius 2 is 1.88 bits per heavy atom. The molecule has 0 saturated heterocycles. The van der Waals surface area contributed by atoms with Gasteiger partial charge in [0.1, 0.15) is 41.8 Å². The molecule has 0 aliphatic carbocycles. The highest BCUT2D eigenvalue weighted by molar-refractivity contribution is 7.98. The maximum Gasteiger partial charge on any atom is 0.141 e. The van der Waals surface area contributed by atoms with E-state index >= 15 is 0 Å². The molecule has 0 saturated carbocycles.